The zero-order chi connectivity index (χ0) is 27.7. The van der Waals surface area contributed by atoms with Crippen molar-refractivity contribution in [2.24, 2.45) is 0 Å². The second-order valence-electron chi connectivity index (χ2n) is 9.56. The third-order valence-electron chi connectivity index (χ3n) is 5.92. The predicted octanol–water partition coefficient (Wildman–Crippen LogP) is 4.97. The Morgan fingerprint density at radius 1 is 1.00 bits per heavy atom. The van der Waals surface area contributed by atoms with Crippen LogP contribution >= 0.6 is 35.0 Å². The van der Waals surface area contributed by atoms with Crippen molar-refractivity contribution in [3.05, 3.63) is 63.6 Å². The molecule has 2 atom stereocenters. The number of anilines is 1. The first-order valence-corrected chi connectivity index (χ1v) is 12.8. The van der Waals surface area contributed by atoms with Crippen molar-refractivity contribution < 1.29 is 29.4 Å². The van der Waals surface area contributed by atoms with Crippen LogP contribution in [0.4, 0.5) is 10.5 Å². The second kappa shape index (κ2) is 10.8. The van der Waals surface area contributed by atoms with Crippen molar-refractivity contribution in [2.75, 3.05) is 5.32 Å². The van der Waals surface area contributed by atoms with E-state index in [1.807, 2.05) is 0 Å². The lowest BCUT2D eigenvalue weighted by molar-refractivity contribution is -0.142. The van der Waals surface area contributed by atoms with Crippen LogP contribution in [0.2, 0.25) is 10.0 Å². The maximum Gasteiger partial charge on any atom is 0.409 e. The SMILES string of the molecule is CC1(C)SC(C)(C)N(C(=O)O)[C@@H]1C(=O)N[C@@H](Cc1ccc(NC(=O)c2c(Cl)cccc2Cl)cc1)C(=O)O. The number of benzene rings is 2. The Balaban J connectivity index is 1.72. The van der Waals surface area contributed by atoms with Gasteiger partial charge in [-0.3, -0.25) is 14.5 Å². The first-order valence-electron chi connectivity index (χ1n) is 11.2. The van der Waals surface area contributed by atoms with Gasteiger partial charge in [-0.05, 0) is 57.5 Å². The van der Waals surface area contributed by atoms with Crippen molar-refractivity contribution in [3.63, 3.8) is 0 Å². The van der Waals surface area contributed by atoms with E-state index in [4.69, 9.17) is 23.2 Å². The minimum absolute atomic E-state index is 0.0532. The van der Waals surface area contributed by atoms with Gasteiger partial charge in [0.05, 0.1) is 20.5 Å². The number of nitrogens with one attached hydrogen (secondary N) is 2. The highest BCUT2D eigenvalue weighted by Gasteiger charge is 2.57. The topological polar surface area (TPSA) is 136 Å². The maximum absolute atomic E-state index is 13.2. The van der Waals surface area contributed by atoms with E-state index < -0.39 is 45.6 Å². The zero-order valence-electron chi connectivity index (χ0n) is 20.5. The van der Waals surface area contributed by atoms with E-state index in [0.717, 1.165) is 4.90 Å². The summed E-state index contributed by atoms with van der Waals surface area (Å²) >= 11 is 13.5. The Hall–Kier alpha value is -2.95. The molecule has 12 heteroatoms. The summed E-state index contributed by atoms with van der Waals surface area (Å²) in [6, 6.07) is 8.76. The fraction of sp³-hybridized carbons (Fsp3) is 0.360. The number of carbonyl (C=O) groups is 4. The van der Waals surface area contributed by atoms with Crippen LogP contribution in [0.3, 0.4) is 0 Å². The fourth-order valence-corrected chi connectivity index (χ4v) is 6.93. The molecule has 3 amide bonds. The van der Waals surface area contributed by atoms with Gasteiger partial charge in [-0.1, -0.05) is 41.4 Å². The Bertz CT molecular complexity index is 1220. The normalized spacial score (nSPS) is 18.6. The molecule has 0 saturated carbocycles. The van der Waals surface area contributed by atoms with Crippen LogP contribution in [0.15, 0.2) is 42.5 Å². The van der Waals surface area contributed by atoms with E-state index in [0.29, 0.717) is 11.3 Å². The molecule has 3 rings (SSSR count). The molecule has 0 radical (unpaired) electrons. The quantitative estimate of drug-likeness (QED) is 0.370. The van der Waals surface area contributed by atoms with Crippen molar-refractivity contribution >= 4 is 64.5 Å². The molecule has 4 N–H and O–H groups in total. The van der Waals surface area contributed by atoms with Crippen LogP contribution in [0, 0.1) is 0 Å². The summed E-state index contributed by atoms with van der Waals surface area (Å²) in [6.45, 7) is 6.92. The van der Waals surface area contributed by atoms with Crippen molar-refractivity contribution in [2.45, 2.75) is 55.8 Å². The Morgan fingerprint density at radius 2 is 1.57 bits per heavy atom. The van der Waals surface area contributed by atoms with E-state index in [2.05, 4.69) is 10.6 Å². The van der Waals surface area contributed by atoms with Gasteiger partial charge in [0.25, 0.3) is 5.91 Å². The van der Waals surface area contributed by atoms with Gasteiger partial charge in [0.15, 0.2) is 0 Å². The monoisotopic (exact) mass is 567 g/mol. The lowest BCUT2D eigenvalue weighted by Crippen LogP contribution is -2.58. The average molecular weight is 568 g/mol. The molecule has 1 heterocycles. The molecule has 0 aromatic heterocycles. The van der Waals surface area contributed by atoms with E-state index >= 15 is 0 Å². The first-order chi connectivity index (χ1) is 17.1. The molecule has 1 fully saturated rings. The van der Waals surface area contributed by atoms with Crippen LogP contribution in [-0.2, 0) is 16.0 Å². The highest BCUT2D eigenvalue weighted by atomic mass is 35.5. The summed E-state index contributed by atoms with van der Waals surface area (Å²) < 4.78 is -0.778. The first kappa shape index (κ1) is 28.6. The van der Waals surface area contributed by atoms with Gasteiger partial charge in [0.2, 0.25) is 5.91 Å². The van der Waals surface area contributed by atoms with Crippen molar-refractivity contribution in [3.8, 4) is 0 Å². The molecule has 2 aromatic carbocycles. The molecule has 1 aliphatic heterocycles. The second-order valence-corrected chi connectivity index (χ2v) is 12.6. The molecule has 0 bridgehead atoms. The van der Waals surface area contributed by atoms with Gasteiger partial charge in [0, 0.05) is 16.9 Å². The summed E-state index contributed by atoms with van der Waals surface area (Å²) in [5.74, 6) is -2.44. The molecule has 2 aromatic rings. The highest BCUT2D eigenvalue weighted by molar-refractivity contribution is 8.02. The molecular weight excluding hydrogens is 541 g/mol. The number of aliphatic carboxylic acids is 1. The molecule has 0 unspecified atom stereocenters. The maximum atomic E-state index is 13.2. The number of carboxylic acids is 1. The van der Waals surface area contributed by atoms with Crippen LogP contribution in [0.5, 0.6) is 0 Å². The highest BCUT2D eigenvalue weighted by Crippen LogP contribution is 2.50. The summed E-state index contributed by atoms with van der Waals surface area (Å²) in [5, 5.41) is 25.1. The standard InChI is InChI=1S/C25H27Cl2N3O6S/c1-24(2)19(30(23(35)36)25(3,4)37-24)21(32)29-17(22(33)34)12-13-8-10-14(11-9-13)28-20(31)18-15(26)6-5-7-16(18)27/h5-11,17,19H,12H2,1-4H3,(H,28,31)(H,29,32)(H,33,34)(H,35,36)/t17-,19+/m0/s1. The van der Waals surface area contributed by atoms with Gasteiger partial charge in [0.1, 0.15) is 12.1 Å². The van der Waals surface area contributed by atoms with E-state index in [1.54, 1.807) is 70.2 Å². The number of halogens is 2. The molecule has 0 aliphatic carbocycles. The van der Waals surface area contributed by atoms with Crippen molar-refractivity contribution in [1.82, 2.24) is 10.2 Å². The van der Waals surface area contributed by atoms with Crippen LogP contribution in [0.25, 0.3) is 0 Å². The molecular formula is C25H27Cl2N3O6S. The fourth-order valence-electron chi connectivity index (χ4n) is 4.46. The smallest absolute Gasteiger partial charge is 0.409 e. The van der Waals surface area contributed by atoms with E-state index in [-0.39, 0.29) is 22.0 Å². The molecule has 1 saturated heterocycles. The number of rotatable bonds is 7. The zero-order valence-corrected chi connectivity index (χ0v) is 22.9. The molecule has 1 aliphatic rings. The number of hydrogen-bond donors (Lipinski definition) is 4. The largest absolute Gasteiger partial charge is 0.480 e. The lowest BCUT2D eigenvalue weighted by atomic mass is 9.98. The third kappa shape index (κ3) is 6.31. The lowest BCUT2D eigenvalue weighted by Gasteiger charge is -2.33. The number of carboxylic acid groups (broad SMARTS) is 2. The summed E-state index contributed by atoms with van der Waals surface area (Å²) in [5.41, 5.74) is 1.15. The van der Waals surface area contributed by atoms with E-state index in [1.165, 1.54) is 11.8 Å². The van der Waals surface area contributed by atoms with Gasteiger partial charge < -0.3 is 20.8 Å². The predicted molar refractivity (Wildman–Crippen MR) is 144 cm³/mol. The minimum Gasteiger partial charge on any atom is -0.480 e. The number of thioether (sulfide) groups is 1. The number of nitrogens with zero attached hydrogens (tertiary/aromatic N) is 1. The molecule has 9 nitrogen and oxygen atoms in total. The Labute approximate surface area is 228 Å². The minimum atomic E-state index is -1.30. The molecule has 198 valence electrons. The number of amides is 3. The van der Waals surface area contributed by atoms with Gasteiger partial charge in [-0.2, -0.15) is 0 Å². The average Bonchev–Trinajstić information content (AvgIpc) is 2.97. The van der Waals surface area contributed by atoms with Gasteiger partial charge >= 0.3 is 12.1 Å². The van der Waals surface area contributed by atoms with E-state index in [9.17, 15) is 29.4 Å². The summed E-state index contributed by atoms with van der Waals surface area (Å²) in [6.07, 6.45) is -1.31. The van der Waals surface area contributed by atoms with Gasteiger partial charge in [-0.15, -0.1) is 11.8 Å². The Morgan fingerprint density at radius 3 is 2.08 bits per heavy atom. The van der Waals surface area contributed by atoms with Gasteiger partial charge in [-0.25, -0.2) is 9.59 Å². The number of hydrogen-bond acceptors (Lipinski definition) is 5. The molecule has 37 heavy (non-hydrogen) atoms. The summed E-state index contributed by atoms with van der Waals surface area (Å²) in [4.78, 5) is 49.8. The van der Waals surface area contributed by atoms with Crippen LogP contribution in [-0.4, -0.2) is 60.7 Å². The van der Waals surface area contributed by atoms with Crippen LogP contribution in [0.1, 0.15) is 43.6 Å². The van der Waals surface area contributed by atoms with Crippen LogP contribution < -0.4 is 10.6 Å². The van der Waals surface area contributed by atoms with Crippen molar-refractivity contribution in [1.29, 1.82) is 0 Å². The molecule has 0 spiro atoms. The Kier molecular flexibility index (Phi) is 8.36. The number of carbonyl (C=O) groups excluding carboxylic acids is 2. The third-order valence-corrected chi connectivity index (χ3v) is 8.00. The summed E-state index contributed by atoms with van der Waals surface area (Å²) in [7, 11) is 0.